The molecule has 2 amide bonds. The van der Waals surface area contributed by atoms with Crippen LogP contribution in [0.25, 0.3) is 5.69 Å². The standard InChI is InChI=1S/C22H21F2N9O3/c1-14(22(36,10-30-12-25-11-27-30)18-7-2-15(23)8-19(18)24)33-20(34)9-31(21(33)35)16-3-5-17(6-4-16)32-13-26-28-29-32/h2-8,11-14,20,34,36H,9-10H2,1H3/t14-,20-,22-/m1/s1. The summed E-state index contributed by atoms with van der Waals surface area (Å²) in [7, 11) is 0. The van der Waals surface area contributed by atoms with Crippen LogP contribution in [0.5, 0.6) is 0 Å². The molecule has 2 aromatic heterocycles. The first kappa shape index (κ1) is 23.4. The summed E-state index contributed by atoms with van der Waals surface area (Å²) in [6.07, 6.45) is 2.66. The zero-order valence-corrected chi connectivity index (χ0v) is 18.9. The monoisotopic (exact) mass is 497 g/mol. The first-order valence-electron chi connectivity index (χ1n) is 10.9. The van der Waals surface area contributed by atoms with E-state index >= 15 is 0 Å². The topological polar surface area (TPSA) is 138 Å². The maximum atomic E-state index is 14.9. The number of carbonyl (C=O) groups is 1. The lowest BCUT2D eigenvalue weighted by atomic mass is 9.85. The van der Waals surface area contributed by atoms with Crippen LogP contribution in [-0.4, -0.2) is 74.9 Å². The number of nitrogens with zero attached hydrogens (tertiary/aromatic N) is 9. The van der Waals surface area contributed by atoms with Gasteiger partial charge >= 0.3 is 6.03 Å². The summed E-state index contributed by atoms with van der Waals surface area (Å²) >= 11 is 0. The Balaban J connectivity index is 1.46. The Morgan fingerprint density at radius 2 is 1.89 bits per heavy atom. The molecule has 0 unspecified atom stereocenters. The number of rotatable bonds is 7. The van der Waals surface area contributed by atoms with Crippen molar-refractivity contribution in [1.82, 2.24) is 39.9 Å². The van der Waals surface area contributed by atoms with Crippen molar-refractivity contribution in [2.45, 2.75) is 31.3 Å². The first-order chi connectivity index (χ1) is 17.3. The van der Waals surface area contributed by atoms with E-state index < -0.39 is 35.5 Å². The highest BCUT2D eigenvalue weighted by Gasteiger charge is 2.49. The molecule has 1 fully saturated rings. The number of hydrogen-bond donors (Lipinski definition) is 2. The van der Waals surface area contributed by atoms with Gasteiger partial charge in [-0.1, -0.05) is 6.07 Å². The molecule has 1 saturated heterocycles. The molecule has 36 heavy (non-hydrogen) atoms. The number of tetrazole rings is 1. The third kappa shape index (κ3) is 4.05. The van der Waals surface area contributed by atoms with E-state index in [1.54, 1.807) is 24.3 Å². The number of aliphatic hydroxyl groups is 2. The second-order valence-electron chi connectivity index (χ2n) is 8.37. The van der Waals surface area contributed by atoms with Gasteiger partial charge < -0.3 is 10.2 Å². The normalized spacial score (nSPS) is 18.5. The zero-order valence-electron chi connectivity index (χ0n) is 18.9. The quantitative estimate of drug-likeness (QED) is 0.387. The van der Waals surface area contributed by atoms with Crippen molar-refractivity contribution < 1.29 is 23.8 Å². The molecule has 14 heteroatoms. The van der Waals surface area contributed by atoms with Crippen LogP contribution in [0.3, 0.4) is 0 Å². The van der Waals surface area contributed by atoms with E-state index in [4.69, 9.17) is 0 Å². The number of benzene rings is 2. The van der Waals surface area contributed by atoms with Gasteiger partial charge in [-0.05, 0) is 47.7 Å². The summed E-state index contributed by atoms with van der Waals surface area (Å²) in [5.74, 6) is -1.82. The second-order valence-corrected chi connectivity index (χ2v) is 8.37. The predicted octanol–water partition coefficient (Wildman–Crippen LogP) is 1.07. The maximum absolute atomic E-state index is 14.9. The molecule has 4 aromatic rings. The third-order valence-corrected chi connectivity index (χ3v) is 6.27. The number of β-amino-alcohol motifs (C(OH)–C–C–N with tert-alkyl or cyclic N) is 1. The second kappa shape index (κ2) is 9.05. The number of hydrogen-bond acceptors (Lipinski definition) is 8. The molecule has 2 aromatic carbocycles. The molecule has 0 saturated carbocycles. The lowest BCUT2D eigenvalue weighted by Gasteiger charge is -2.40. The molecule has 5 rings (SSSR count). The summed E-state index contributed by atoms with van der Waals surface area (Å²) in [5.41, 5.74) is -1.20. The molecule has 0 bridgehead atoms. The molecule has 3 heterocycles. The number of anilines is 1. The average molecular weight is 497 g/mol. The fourth-order valence-corrected chi connectivity index (χ4v) is 4.38. The average Bonchev–Trinajstić information content (AvgIpc) is 3.61. The number of amides is 2. The van der Waals surface area contributed by atoms with E-state index in [1.807, 2.05) is 0 Å². The lowest BCUT2D eigenvalue weighted by Crippen LogP contribution is -2.55. The lowest BCUT2D eigenvalue weighted by molar-refractivity contribution is -0.0822. The van der Waals surface area contributed by atoms with Gasteiger partial charge in [0.2, 0.25) is 0 Å². The van der Waals surface area contributed by atoms with Crippen LogP contribution in [0, 0.1) is 11.6 Å². The van der Waals surface area contributed by atoms with Crippen LogP contribution in [0.15, 0.2) is 61.4 Å². The van der Waals surface area contributed by atoms with E-state index in [9.17, 15) is 23.8 Å². The van der Waals surface area contributed by atoms with Crippen LogP contribution in [-0.2, 0) is 12.1 Å². The Bertz CT molecular complexity index is 1350. The Labute approximate surface area is 203 Å². The van der Waals surface area contributed by atoms with Crippen molar-refractivity contribution in [3.8, 4) is 5.69 Å². The van der Waals surface area contributed by atoms with Crippen molar-refractivity contribution in [3.05, 3.63) is 78.6 Å². The minimum absolute atomic E-state index is 0.0985. The van der Waals surface area contributed by atoms with Crippen molar-refractivity contribution >= 4 is 11.7 Å². The fourth-order valence-electron chi connectivity index (χ4n) is 4.38. The Morgan fingerprint density at radius 3 is 2.53 bits per heavy atom. The van der Waals surface area contributed by atoms with E-state index in [0.29, 0.717) is 17.4 Å². The van der Waals surface area contributed by atoms with Crippen LogP contribution < -0.4 is 4.90 Å². The molecule has 0 radical (unpaired) electrons. The summed E-state index contributed by atoms with van der Waals surface area (Å²) in [5, 5.41) is 37.6. The smallest absolute Gasteiger partial charge is 0.327 e. The highest BCUT2D eigenvalue weighted by molar-refractivity contribution is 5.94. The van der Waals surface area contributed by atoms with Crippen molar-refractivity contribution in [2.75, 3.05) is 11.4 Å². The zero-order chi connectivity index (χ0) is 25.4. The molecule has 2 N–H and O–H groups in total. The third-order valence-electron chi connectivity index (χ3n) is 6.27. The SMILES string of the molecule is C[C@@H](N1C(=O)N(c2ccc(-n3cnnn3)cc2)C[C@H]1O)[C@](O)(Cn1cncn1)c1ccc(F)cc1F. The van der Waals surface area contributed by atoms with E-state index in [0.717, 1.165) is 17.0 Å². The van der Waals surface area contributed by atoms with Crippen molar-refractivity contribution in [2.24, 2.45) is 0 Å². The number of aromatic nitrogens is 7. The fraction of sp³-hybridized carbons (Fsp3) is 0.273. The number of aliphatic hydroxyl groups excluding tert-OH is 1. The molecule has 1 aliphatic rings. The van der Waals surface area contributed by atoms with Gasteiger partial charge in [-0.25, -0.2) is 27.9 Å². The number of urea groups is 1. The van der Waals surface area contributed by atoms with Gasteiger partial charge in [-0.2, -0.15) is 5.10 Å². The van der Waals surface area contributed by atoms with Gasteiger partial charge in [-0.15, -0.1) is 5.10 Å². The summed E-state index contributed by atoms with van der Waals surface area (Å²) in [6, 6.07) is 7.74. The maximum Gasteiger partial charge on any atom is 0.327 e. The molecule has 186 valence electrons. The summed E-state index contributed by atoms with van der Waals surface area (Å²) in [4.78, 5) is 19.7. The van der Waals surface area contributed by atoms with Crippen LogP contribution >= 0.6 is 0 Å². The molecule has 0 spiro atoms. The van der Waals surface area contributed by atoms with Gasteiger partial charge in [-0.3, -0.25) is 9.80 Å². The van der Waals surface area contributed by atoms with Gasteiger partial charge in [0.25, 0.3) is 0 Å². The first-order valence-corrected chi connectivity index (χ1v) is 10.9. The van der Waals surface area contributed by atoms with Gasteiger partial charge in [0.15, 0.2) is 0 Å². The van der Waals surface area contributed by atoms with Crippen molar-refractivity contribution in [1.29, 1.82) is 0 Å². The van der Waals surface area contributed by atoms with E-state index in [1.165, 1.54) is 40.2 Å². The highest BCUT2D eigenvalue weighted by atomic mass is 19.1. The van der Waals surface area contributed by atoms with Crippen LogP contribution in [0.2, 0.25) is 0 Å². The molecule has 3 atom stereocenters. The largest absolute Gasteiger partial charge is 0.381 e. The van der Waals surface area contributed by atoms with Gasteiger partial charge in [0.1, 0.15) is 42.4 Å². The van der Waals surface area contributed by atoms with E-state index in [2.05, 4.69) is 25.6 Å². The highest BCUT2D eigenvalue weighted by Crippen LogP contribution is 2.36. The van der Waals surface area contributed by atoms with Crippen LogP contribution in [0.4, 0.5) is 19.3 Å². The molecular weight excluding hydrogens is 476 g/mol. The number of halogens is 2. The van der Waals surface area contributed by atoms with E-state index in [-0.39, 0.29) is 18.7 Å². The molecular formula is C22H21F2N9O3. The Morgan fingerprint density at radius 1 is 1.14 bits per heavy atom. The molecule has 12 nitrogen and oxygen atoms in total. The molecule has 1 aliphatic heterocycles. The summed E-state index contributed by atoms with van der Waals surface area (Å²) < 4.78 is 31.2. The molecule has 0 aliphatic carbocycles. The van der Waals surface area contributed by atoms with Crippen LogP contribution in [0.1, 0.15) is 12.5 Å². The minimum Gasteiger partial charge on any atom is -0.381 e. The Kier molecular flexibility index (Phi) is 5.89. The van der Waals surface area contributed by atoms with Gasteiger partial charge in [0.05, 0.1) is 24.8 Å². The predicted molar refractivity (Wildman–Crippen MR) is 119 cm³/mol. The van der Waals surface area contributed by atoms with Gasteiger partial charge in [0, 0.05) is 17.3 Å². The van der Waals surface area contributed by atoms with Crippen molar-refractivity contribution in [3.63, 3.8) is 0 Å². The minimum atomic E-state index is -2.10. The summed E-state index contributed by atoms with van der Waals surface area (Å²) in [6.45, 7) is 1.07. The number of carbonyl (C=O) groups excluding carboxylic acids is 1. The Hall–Kier alpha value is -4.30.